The first-order valence-corrected chi connectivity index (χ1v) is 7.16. The van der Waals surface area contributed by atoms with Crippen molar-refractivity contribution in [3.05, 3.63) is 68.5 Å². The molecule has 1 aromatic heterocycles. The lowest BCUT2D eigenvalue weighted by molar-refractivity contribution is 0.0951. The minimum absolute atomic E-state index is 0.124. The Bertz CT molecular complexity index is 638. The molecule has 0 aliphatic rings. The molecule has 4 nitrogen and oxygen atoms in total. The summed E-state index contributed by atoms with van der Waals surface area (Å²) in [6, 6.07) is 11.6. The average Bonchev–Trinajstić information content (AvgIpc) is 2.47. The lowest BCUT2D eigenvalue weighted by Crippen LogP contribution is -2.30. The van der Waals surface area contributed by atoms with Crippen LogP contribution in [-0.2, 0) is 6.42 Å². The van der Waals surface area contributed by atoms with Gasteiger partial charge in [-0.3, -0.25) is 9.59 Å². The highest BCUT2D eigenvalue weighted by Crippen LogP contribution is 2.06. The van der Waals surface area contributed by atoms with Crippen LogP contribution in [0.2, 0.25) is 0 Å². The van der Waals surface area contributed by atoms with Crippen LogP contribution in [0.4, 0.5) is 0 Å². The van der Waals surface area contributed by atoms with Gasteiger partial charge in [-0.05, 0) is 40.4 Å². The molecule has 2 rings (SSSR count). The van der Waals surface area contributed by atoms with Crippen molar-refractivity contribution in [1.82, 2.24) is 10.3 Å². The van der Waals surface area contributed by atoms with Crippen molar-refractivity contribution in [2.75, 3.05) is 6.54 Å². The molecule has 0 aliphatic heterocycles. The molecule has 104 valence electrons. The van der Waals surface area contributed by atoms with E-state index in [1.807, 2.05) is 18.2 Å². The van der Waals surface area contributed by atoms with E-state index in [2.05, 4.69) is 38.4 Å². The van der Waals surface area contributed by atoms with E-state index in [0.29, 0.717) is 11.0 Å². The normalized spacial score (nSPS) is 10.2. The van der Waals surface area contributed by atoms with Crippen LogP contribution in [0.5, 0.6) is 0 Å². The first-order valence-electron chi connectivity index (χ1n) is 6.37. The number of rotatable bonds is 5. The highest BCUT2D eigenvalue weighted by molar-refractivity contribution is 9.10. The van der Waals surface area contributed by atoms with Gasteiger partial charge in [0.1, 0.15) is 5.56 Å². The van der Waals surface area contributed by atoms with Gasteiger partial charge in [-0.25, -0.2) is 0 Å². The van der Waals surface area contributed by atoms with E-state index in [1.165, 1.54) is 17.8 Å². The minimum Gasteiger partial charge on any atom is -0.352 e. The van der Waals surface area contributed by atoms with E-state index >= 15 is 0 Å². The van der Waals surface area contributed by atoms with E-state index < -0.39 is 0 Å². The molecule has 0 radical (unpaired) electrons. The summed E-state index contributed by atoms with van der Waals surface area (Å²) in [6.07, 6.45) is 3.24. The molecular formula is C15H15BrN2O2. The third kappa shape index (κ3) is 4.06. The van der Waals surface area contributed by atoms with Gasteiger partial charge in [0.2, 0.25) is 0 Å². The second-order valence-electron chi connectivity index (χ2n) is 4.41. The first kappa shape index (κ1) is 14.5. The molecule has 20 heavy (non-hydrogen) atoms. The zero-order chi connectivity index (χ0) is 14.4. The van der Waals surface area contributed by atoms with E-state index in [9.17, 15) is 9.59 Å². The number of pyridine rings is 1. The van der Waals surface area contributed by atoms with Crippen LogP contribution in [0, 0.1) is 0 Å². The number of hydrogen-bond acceptors (Lipinski definition) is 2. The van der Waals surface area contributed by atoms with Crippen LogP contribution in [0.1, 0.15) is 22.3 Å². The van der Waals surface area contributed by atoms with Gasteiger partial charge in [0.25, 0.3) is 11.5 Å². The summed E-state index contributed by atoms with van der Waals surface area (Å²) in [6.45, 7) is 0.541. The second-order valence-corrected chi connectivity index (χ2v) is 5.32. The van der Waals surface area contributed by atoms with Crippen molar-refractivity contribution >= 4 is 21.8 Å². The van der Waals surface area contributed by atoms with Crippen LogP contribution >= 0.6 is 15.9 Å². The first-order chi connectivity index (χ1) is 9.66. The highest BCUT2D eigenvalue weighted by atomic mass is 79.9. The van der Waals surface area contributed by atoms with Crippen LogP contribution in [0.15, 0.2) is 51.9 Å². The van der Waals surface area contributed by atoms with Gasteiger partial charge in [-0.15, -0.1) is 0 Å². The number of aryl methyl sites for hydroxylation is 1. The molecule has 0 bridgehead atoms. The second kappa shape index (κ2) is 7.05. The third-order valence-corrected chi connectivity index (χ3v) is 3.34. The van der Waals surface area contributed by atoms with Gasteiger partial charge in [0.15, 0.2) is 0 Å². The molecule has 0 saturated carbocycles. The molecule has 5 heteroatoms. The number of carbonyl (C=O) groups excluding carboxylic acids is 1. The molecule has 0 aliphatic carbocycles. The maximum atomic E-state index is 11.9. The molecule has 0 fully saturated rings. The number of H-pyrrole nitrogens is 1. The summed E-state index contributed by atoms with van der Waals surface area (Å²) < 4.78 is 0.673. The van der Waals surface area contributed by atoms with Gasteiger partial charge in [0.05, 0.1) is 0 Å². The van der Waals surface area contributed by atoms with Crippen molar-refractivity contribution in [1.29, 1.82) is 0 Å². The molecular weight excluding hydrogens is 320 g/mol. The number of benzene rings is 1. The summed E-state index contributed by atoms with van der Waals surface area (Å²) in [7, 11) is 0. The Balaban J connectivity index is 1.84. The quantitative estimate of drug-likeness (QED) is 0.825. The molecule has 2 N–H and O–H groups in total. The number of carbonyl (C=O) groups is 1. The summed E-state index contributed by atoms with van der Waals surface area (Å²) in [5.41, 5.74) is 0.981. The Labute approximate surface area is 125 Å². The van der Waals surface area contributed by atoms with Crippen LogP contribution in [0.25, 0.3) is 0 Å². The maximum absolute atomic E-state index is 11.9. The molecule has 2 aromatic rings. The molecule has 0 unspecified atom stereocenters. The van der Waals surface area contributed by atoms with Gasteiger partial charge in [-0.1, -0.05) is 30.3 Å². The SMILES string of the molecule is O=C(NCCCc1ccccc1)c1cc(Br)c[nH]c1=O. The number of aromatic nitrogens is 1. The molecule has 0 atom stereocenters. The van der Waals surface area contributed by atoms with Crippen LogP contribution < -0.4 is 10.9 Å². The average molecular weight is 335 g/mol. The van der Waals surface area contributed by atoms with E-state index in [0.717, 1.165) is 12.8 Å². The fourth-order valence-corrected chi connectivity index (χ4v) is 2.20. The van der Waals surface area contributed by atoms with Gasteiger partial charge >= 0.3 is 0 Å². The number of nitrogens with one attached hydrogen (secondary N) is 2. The van der Waals surface area contributed by atoms with Gasteiger partial charge in [0, 0.05) is 17.2 Å². The lowest BCUT2D eigenvalue weighted by atomic mass is 10.1. The molecule has 1 amide bonds. The highest BCUT2D eigenvalue weighted by Gasteiger charge is 2.09. The number of aromatic amines is 1. The van der Waals surface area contributed by atoms with Crippen molar-refractivity contribution < 1.29 is 4.79 Å². The van der Waals surface area contributed by atoms with Crippen molar-refractivity contribution in [2.45, 2.75) is 12.8 Å². The summed E-state index contributed by atoms with van der Waals surface area (Å²) >= 11 is 3.23. The number of halogens is 1. The lowest BCUT2D eigenvalue weighted by Gasteiger charge is -2.05. The Morgan fingerprint density at radius 1 is 1.25 bits per heavy atom. The zero-order valence-electron chi connectivity index (χ0n) is 10.9. The summed E-state index contributed by atoms with van der Waals surface area (Å²) in [4.78, 5) is 25.9. The van der Waals surface area contributed by atoms with E-state index in [-0.39, 0.29) is 17.0 Å². The van der Waals surface area contributed by atoms with Crippen molar-refractivity contribution in [2.24, 2.45) is 0 Å². The summed E-state index contributed by atoms with van der Waals surface area (Å²) in [5, 5.41) is 2.76. The summed E-state index contributed by atoms with van der Waals surface area (Å²) in [5.74, 6) is -0.347. The number of amides is 1. The zero-order valence-corrected chi connectivity index (χ0v) is 12.4. The van der Waals surface area contributed by atoms with Crippen molar-refractivity contribution in [3.8, 4) is 0 Å². The van der Waals surface area contributed by atoms with Gasteiger partial charge in [-0.2, -0.15) is 0 Å². The monoisotopic (exact) mass is 334 g/mol. The molecule has 0 spiro atoms. The van der Waals surface area contributed by atoms with Crippen LogP contribution in [-0.4, -0.2) is 17.4 Å². The standard InChI is InChI=1S/C15H15BrN2O2/c16-12-9-13(15(20)18-10-12)14(19)17-8-4-7-11-5-2-1-3-6-11/h1-3,5-6,9-10H,4,7-8H2,(H,17,19)(H,18,20). The molecule has 1 aromatic carbocycles. The predicted octanol–water partition coefficient (Wildman–Crippen LogP) is 2.50. The fourth-order valence-electron chi connectivity index (χ4n) is 1.86. The van der Waals surface area contributed by atoms with E-state index in [4.69, 9.17) is 0 Å². The Morgan fingerprint density at radius 3 is 2.75 bits per heavy atom. The number of hydrogen-bond donors (Lipinski definition) is 2. The minimum atomic E-state index is -0.381. The topological polar surface area (TPSA) is 62.0 Å². The third-order valence-electron chi connectivity index (χ3n) is 2.88. The Hall–Kier alpha value is -1.88. The Kier molecular flexibility index (Phi) is 5.12. The fraction of sp³-hybridized carbons (Fsp3) is 0.200. The van der Waals surface area contributed by atoms with Crippen molar-refractivity contribution in [3.63, 3.8) is 0 Å². The smallest absolute Gasteiger partial charge is 0.260 e. The maximum Gasteiger partial charge on any atom is 0.260 e. The Morgan fingerprint density at radius 2 is 2.00 bits per heavy atom. The van der Waals surface area contributed by atoms with Gasteiger partial charge < -0.3 is 10.3 Å². The largest absolute Gasteiger partial charge is 0.352 e. The molecule has 1 heterocycles. The predicted molar refractivity (Wildman–Crippen MR) is 81.9 cm³/mol. The van der Waals surface area contributed by atoms with E-state index in [1.54, 1.807) is 0 Å². The van der Waals surface area contributed by atoms with Crippen LogP contribution in [0.3, 0.4) is 0 Å². The molecule has 0 saturated heterocycles.